The van der Waals surface area contributed by atoms with Crippen molar-refractivity contribution in [1.29, 1.82) is 0 Å². The van der Waals surface area contributed by atoms with Crippen molar-refractivity contribution in [2.24, 2.45) is 0 Å². The number of carboxylic acids is 1. The zero-order valence-corrected chi connectivity index (χ0v) is 22.0. The summed E-state index contributed by atoms with van der Waals surface area (Å²) in [5, 5.41) is 9.94. The SMILES string of the molecule is COc1ccccc1[C@H](Cn1c(=O)n(C(C)(C)C(=O)O)c(=O)c2nc(-c3ncco3)ccc21)Oc1ccccc1. The Labute approximate surface area is 227 Å². The highest BCUT2D eigenvalue weighted by atomic mass is 16.5. The van der Waals surface area contributed by atoms with Crippen LogP contribution >= 0.6 is 0 Å². The van der Waals surface area contributed by atoms with E-state index in [0.29, 0.717) is 21.6 Å². The summed E-state index contributed by atoms with van der Waals surface area (Å²) in [5.74, 6) is -0.116. The van der Waals surface area contributed by atoms with E-state index in [4.69, 9.17) is 13.9 Å². The second kappa shape index (κ2) is 10.5. The Balaban J connectivity index is 1.77. The second-order valence-corrected chi connectivity index (χ2v) is 9.46. The molecule has 0 saturated carbocycles. The number of benzene rings is 2. The third-order valence-corrected chi connectivity index (χ3v) is 6.58. The third-order valence-electron chi connectivity index (χ3n) is 6.58. The van der Waals surface area contributed by atoms with Gasteiger partial charge in [-0.2, -0.15) is 0 Å². The Hall–Kier alpha value is -5.19. The van der Waals surface area contributed by atoms with Crippen molar-refractivity contribution < 1.29 is 23.8 Å². The van der Waals surface area contributed by atoms with Crippen molar-refractivity contribution in [3.8, 4) is 23.1 Å². The highest BCUT2D eigenvalue weighted by Crippen LogP contribution is 2.31. The van der Waals surface area contributed by atoms with Crippen molar-refractivity contribution in [2.45, 2.75) is 32.0 Å². The van der Waals surface area contributed by atoms with E-state index >= 15 is 0 Å². The number of methoxy groups -OCH3 is 1. The largest absolute Gasteiger partial charge is 0.496 e. The molecule has 0 bridgehead atoms. The molecule has 3 heterocycles. The number of fused-ring (bicyclic) bond motifs is 1. The molecule has 40 heavy (non-hydrogen) atoms. The second-order valence-electron chi connectivity index (χ2n) is 9.46. The molecular weight excluding hydrogens is 516 g/mol. The molecule has 0 radical (unpaired) electrons. The molecule has 0 aliphatic rings. The molecule has 11 heteroatoms. The van der Waals surface area contributed by atoms with Gasteiger partial charge in [0, 0.05) is 5.56 Å². The fourth-order valence-electron chi connectivity index (χ4n) is 4.44. The number of hydrogen-bond donors (Lipinski definition) is 1. The van der Waals surface area contributed by atoms with Crippen LogP contribution in [0.2, 0.25) is 0 Å². The molecule has 204 valence electrons. The lowest BCUT2D eigenvalue weighted by Gasteiger charge is -2.26. The summed E-state index contributed by atoms with van der Waals surface area (Å²) in [7, 11) is 1.53. The number of ether oxygens (including phenoxy) is 2. The molecule has 5 rings (SSSR count). The van der Waals surface area contributed by atoms with Gasteiger partial charge in [-0.25, -0.2) is 24.1 Å². The van der Waals surface area contributed by atoms with Crippen molar-refractivity contribution in [3.05, 3.63) is 106 Å². The first-order valence-electron chi connectivity index (χ1n) is 12.4. The molecule has 0 unspecified atom stereocenters. The first kappa shape index (κ1) is 26.4. The number of aromatic nitrogens is 4. The summed E-state index contributed by atoms with van der Waals surface area (Å²) >= 11 is 0. The summed E-state index contributed by atoms with van der Waals surface area (Å²) in [4.78, 5) is 48.3. The van der Waals surface area contributed by atoms with Crippen molar-refractivity contribution >= 4 is 17.0 Å². The van der Waals surface area contributed by atoms with E-state index in [1.807, 2.05) is 36.4 Å². The van der Waals surface area contributed by atoms with Gasteiger partial charge in [0.2, 0.25) is 5.89 Å². The maximum atomic E-state index is 14.0. The number of hydrogen-bond acceptors (Lipinski definition) is 8. The number of rotatable bonds is 9. The van der Waals surface area contributed by atoms with Crippen LogP contribution in [0.4, 0.5) is 0 Å². The molecular formula is C29H26N4O7. The molecule has 1 N–H and O–H groups in total. The van der Waals surface area contributed by atoms with Gasteiger partial charge in [0.25, 0.3) is 5.56 Å². The predicted molar refractivity (Wildman–Crippen MR) is 146 cm³/mol. The van der Waals surface area contributed by atoms with E-state index in [-0.39, 0.29) is 29.2 Å². The Bertz CT molecular complexity index is 1790. The summed E-state index contributed by atoms with van der Waals surface area (Å²) in [5.41, 5.74) is -2.59. The van der Waals surface area contributed by atoms with Crippen LogP contribution in [0.5, 0.6) is 11.5 Å². The first-order valence-corrected chi connectivity index (χ1v) is 12.4. The van der Waals surface area contributed by atoms with Crippen LogP contribution in [0.3, 0.4) is 0 Å². The summed E-state index contributed by atoms with van der Waals surface area (Å²) in [6.45, 7) is 2.47. The number of oxazole rings is 1. The molecule has 0 spiro atoms. The number of nitrogens with zero attached hydrogens (tertiary/aromatic N) is 4. The van der Waals surface area contributed by atoms with Gasteiger partial charge in [-0.15, -0.1) is 0 Å². The zero-order chi connectivity index (χ0) is 28.4. The molecule has 3 aromatic heterocycles. The van der Waals surface area contributed by atoms with Crippen LogP contribution < -0.4 is 20.7 Å². The smallest absolute Gasteiger partial charge is 0.332 e. The topological polar surface area (TPSA) is 139 Å². The van der Waals surface area contributed by atoms with Crippen LogP contribution in [-0.4, -0.2) is 37.3 Å². The number of para-hydroxylation sites is 2. The minimum atomic E-state index is -1.88. The highest BCUT2D eigenvalue weighted by molar-refractivity contribution is 5.79. The Morgan fingerprint density at radius 2 is 1.77 bits per heavy atom. The Morgan fingerprint density at radius 3 is 2.45 bits per heavy atom. The number of pyridine rings is 1. The fraction of sp³-hybridized carbons (Fsp3) is 0.207. The molecule has 2 aromatic carbocycles. The van der Waals surface area contributed by atoms with Crippen LogP contribution in [0.1, 0.15) is 25.5 Å². The fourth-order valence-corrected chi connectivity index (χ4v) is 4.44. The molecule has 0 amide bonds. The van der Waals surface area contributed by atoms with E-state index in [1.54, 1.807) is 30.3 Å². The van der Waals surface area contributed by atoms with Gasteiger partial charge in [0.15, 0.2) is 5.52 Å². The van der Waals surface area contributed by atoms with Gasteiger partial charge in [0.05, 0.1) is 25.4 Å². The molecule has 5 aromatic rings. The van der Waals surface area contributed by atoms with E-state index in [2.05, 4.69) is 9.97 Å². The molecule has 0 saturated heterocycles. The van der Waals surface area contributed by atoms with E-state index in [0.717, 1.165) is 0 Å². The van der Waals surface area contributed by atoms with Crippen LogP contribution in [0.25, 0.3) is 22.6 Å². The minimum absolute atomic E-state index is 0.0966. The maximum absolute atomic E-state index is 14.0. The van der Waals surface area contributed by atoms with Crippen molar-refractivity contribution in [1.82, 2.24) is 19.1 Å². The molecule has 0 fully saturated rings. The zero-order valence-electron chi connectivity index (χ0n) is 22.0. The Morgan fingerprint density at radius 1 is 1.05 bits per heavy atom. The summed E-state index contributed by atoms with van der Waals surface area (Å²) in [6.07, 6.45) is 2.03. The van der Waals surface area contributed by atoms with Gasteiger partial charge in [-0.05, 0) is 44.2 Å². The lowest BCUT2D eigenvalue weighted by atomic mass is 10.1. The van der Waals surface area contributed by atoms with Gasteiger partial charge in [-0.1, -0.05) is 36.4 Å². The maximum Gasteiger partial charge on any atom is 0.332 e. The van der Waals surface area contributed by atoms with Gasteiger partial charge in [-0.3, -0.25) is 9.36 Å². The quantitative estimate of drug-likeness (QED) is 0.294. The van der Waals surface area contributed by atoms with Gasteiger partial charge < -0.3 is 19.0 Å². The predicted octanol–water partition coefficient (Wildman–Crippen LogP) is 3.86. The van der Waals surface area contributed by atoms with Gasteiger partial charge in [0.1, 0.15) is 35.1 Å². The van der Waals surface area contributed by atoms with E-state index < -0.39 is 28.9 Å². The lowest BCUT2D eigenvalue weighted by molar-refractivity contribution is -0.146. The van der Waals surface area contributed by atoms with Gasteiger partial charge >= 0.3 is 11.7 Å². The third kappa shape index (κ3) is 4.73. The number of carbonyl (C=O) groups is 1. The average Bonchev–Trinajstić information content (AvgIpc) is 3.50. The normalized spacial score (nSPS) is 12.3. The van der Waals surface area contributed by atoms with Crippen LogP contribution in [0.15, 0.2) is 93.2 Å². The average molecular weight is 543 g/mol. The number of carboxylic acid groups (broad SMARTS) is 1. The lowest BCUT2D eigenvalue weighted by Crippen LogP contribution is -2.53. The molecule has 11 nitrogen and oxygen atoms in total. The molecule has 1 atom stereocenters. The standard InChI is InChI=1S/C29H26N4O7/c1-29(2,27(35)36)33-26(34)24-21(14-13-20(31-24)25-30-15-16-39-25)32(28(33)37)17-23(40-18-9-5-4-6-10-18)19-11-7-8-12-22(19)38-3/h4-16,23H,17H2,1-3H3,(H,35,36)/t23-/m0/s1. The molecule has 0 aliphatic heterocycles. The van der Waals surface area contributed by atoms with E-state index in [1.165, 1.54) is 38.0 Å². The van der Waals surface area contributed by atoms with Crippen molar-refractivity contribution in [2.75, 3.05) is 7.11 Å². The van der Waals surface area contributed by atoms with E-state index in [9.17, 15) is 19.5 Å². The molecule has 0 aliphatic carbocycles. The Kier molecular flexibility index (Phi) is 6.95. The van der Waals surface area contributed by atoms with Crippen molar-refractivity contribution in [3.63, 3.8) is 0 Å². The first-order chi connectivity index (χ1) is 19.2. The number of aliphatic carboxylic acids is 1. The highest BCUT2D eigenvalue weighted by Gasteiger charge is 2.35. The van der Waals surface area contributed by atoms with Crippen LogP contribution in [0, 0.1) is 0 Å². The monoisotopic (exact) mass is 542 g/mol. The summed E-state index contributed by atoms with van der Waals surface area (Å²) in [6, 6.07) is 19.4. The van der Waals surface area contributed by atoms with Crippen LogP contribution in [-0.2, 0) is 16.9 Å². The summed E-state index contributed by atoms with van der Waals surface area (Å²) < 4.78 is 19.3. The minimum Gasteiger partial charge on any atom is -0.496 e.